The Hall–Kier alpha value is -3.25. The van der Waals surface area contributed by atoms with Gasteiger partial charge in [-0.3, -0.25) is 19.1 Å². The molecule has 0 saturated heterocycles. The van der Waals surface area contributed by atoms with Gasteiger partial charge in [0.1, 0.15) is 5.82 Å². The first-order valence-corrected chi connectivity index (χ1v) is 9.84. The molecular formula is C23H24N4O2. The second kappa shape index (κ2) is 8.41. The number of carbonyl (C=O) groups excluding carboxylic acids is 1. The topological polar surface area (TPSA) is 67.2 Å². The van der Waals surface area contributed by atoms with E-state index in [1.165, 1.54) is 5.56 Å². The maximum atomic E-state index is 13.0. The van der Waals surface area contributed by atoms with Crippen LogP contribution in [0.3, 0.4) is 0 Å². The number of fused-ring (bicyclic) bond motifs is 2. The van der Waals surface area contributed by atoms with Crippen LogP contribution in [-0.2, 0) is 19.5 Å². The van der Waals surface area contributed by atoms with Gasteiger partial charge in [0.15, 0.2) is 0 Å². The molecule has 0 atom stereocenters. The lowest BCUT2D eigenvalue weighted by atomic mass is 10.1. The highest BCUT2D eigenvalue weighted by Crippen LogP contribution is 2.15. The Morgan fingerprint density at radius 1 is 1.14 bits per heavy atom. The van der Waals surface area contributed by atoms with Gasteiger partial charge in [-0.05, 0) is 23.8 Å². The number of amides is 1. The zero-order valence-electron chi connectivity index (χ0n) is 16.3. The van der Waals surface area contributed by atoms with E-state index in [9.17, 15) is 9.59 Å². The van der Waals surface area contributed by atoms with Gasteiger partial charge in [-0.1, -0.05) is 36.4 Å². The van der Waals surface area contributed by atoms with Crippen LogP contribution in [0.4, 0.5) is 0 Å². The SMILES string of the molecule is C=CCNC(=O)c1ccc2c(=O)n3c(nc2c1)CCN(Cc1ccccc1)CC3. The number of aromatic nitrogens is 2. The lowest BCUT2D eigenvalue weighted by molar-refractivity contribution is 0.0958. The average molecular weight is 388 g/mol. The van der Waals surface area contributed by atoms with Crippen LogP contribution in [0.1, 0.15) is 21.7 Å². The summed E-state index contributed by atoms with van der Waals surface area (Å²) in [4.78, 5) is 32.3. The zero-order chi connectivity index (χ0) is 20.2. The number of hydrogen-bond acceptors (Lipinski definition) is 4. The van der Waals surface area contributed by atoms with Crippen LogP contribution in [0.15, 0.2) is 66.0 Å². The van der Waals surface area contributed by atoms with Crippen molar-refractivity contribution in [1.82, 2.24) is 19.8 Å². The number of rotatable bonds is 5. The van der Waals surface area contributed by atoms with E-state index in [-0.39, 0.29) is 11.5 Å². The summed E-state index contributed by atoms with van der Waals surface area (Å²) in [6, 6.07) is 15.4. The van der Waals surface area contributed by atoms with Crippen molar-refractivity contribution in [2.45, 2.75) is 19.5 Å². The van der Waals surface area contributed by atoms with Crippen molar-refractivity contribution in [3.8, 4) is 0 Å². The Morgan fingerprint density at radius 3 is 2.76 bits per heavy atom. The molecule has 0 aliphatic carbocycles. The largest absolute Gasteiger partial charge is 0.349 e. The number of nitrogens with one attached hydrogen (secondary N) is 1. The fourth-order valence-electron chi connectivity index (χ4n) is 3.71. The summed E-state index contributed by atoms with van der Waals surface area (Å²) >= 11 is 0. The molecule has 0 bridgehead atoms. The van der Waals surface area contributed by atoms with Gasteiger partial charge in [0.25, 0.3) is 11.5 Å². The summed E-state index contributed by atoms with van der Waals surface area (Å²) in [5, 5.41) is 3.30. The summed E-state index contributed by atoms with van der Waals surface area (Å²) in [6.45, 7) is 7.12. The highest BCUT2D eigenvalue weighted by Gasteiger charge is 2.18. The molecule has 148 valence electrons. The molecule has 29 heavy (non-hydrogen) atoms. The molecule has 1 amide bonds. The minimum atomic E-state index is -0.197. The van der Waals surface area contributed by atoms with E-state index in [2.05, 4.69) is 28.9 Å². The molecule has 1 aliphatic heterocycles. The monoisotopic (exact) mass is 388 g/mol. The summed E-state index contributed by atoms with van der Waals surface area (Å²) in [7, 11) is 0. The van der Waals surface area contributed by atoms with Crippen LogP contribution in [0.25, 0.3) is 10.9 Å². The van der Waals surface area contributed by atoms with E-state index < -0.39 is 0 Å². The predicted octanol–water partition coefficient (Wildman–Crippen LogP) is 2.37. The van der Waals surface area contributed by atoms with E-state index in [1.807, 2.05) is 18.2 Å². The Kier molecular flexibility index (Phi) is 5.53. The van der Waals surface area contributed by atoms with E-state index in [4.69, 9.17) is 4.98 Å². The lowest BCUT2D eigenvalue weighted by Crippen LogP contribution is -2.29. The summed E-state index contributed by atoms with van der Waals surface area (Å²) in [5.74, 6) is 0.583. The van der Waals surface area contributed by atoms with E-state index >= 15 is 0 Å². The van der Waals surface area contributed by atoms with Crippen LogP contribution in [0, 0.1) is 0 Å². The van der Waals surface area contributed by atoms with Crippen LogP contribution in [0.2, 0.25) is 0 Å². The molecule has 1 aromatic heterocycles. The molecule has 3 aromatic rings. The van der Waals surface area contributed by atoms with Crippen LogP contribution in [0.5, 0.6) is 0 Å². The van der Waals surface area contributed by atoms with Crippen molar-refractivity contribution in [3.63, 3.8) is 0 Å². The van der Waals surface area contributed by atoms with E-state index in [0.717, 1.165) is 25.5 Å². The van der Waals surface area contributed by atoms with Gasteiger partial charge >= 0.3 is 0 Å². The number of nitrogens with zero attached hydrogens (tertiary/aromatic N) is 3. The van der Waals surface area contributed by atoms with Gasteiger partial charge in [-0.2, -0.15) is 0 Å². The third kappa shape index (κ3) is 4.12. The first-order valence-electron chi connectivity index (χ1n) is 9.84. The first kappa shape index (κ1) is 19.1. The smallest absolute Gasteiger partial charge is 0.261 e. The molecular weight excluding hydrogens is 364 g/mol. The standard InChI is InChI=1S/C23H24N4O2/c1-2-11-24-22(28)18-8-9-19-20(15-18)25-21-10-12-26(13-14-27(21)23(19)29)16-17-6-4-3-5-7-17/h2-9,15H,1,10-14,16H2,(H,24,28). The third-order valence-electron chi connectivity index (χ3n) is 5.24. The molecule has 4 rings (SSSR count). The molecule has 0 radical (unpaired) electrons. The maximum Gasteiger partial charge on any atom is 0.261 e. The molecule has 6 nitrogen and oxygen atoms in total. The number of benzene rings is 2. The van der Waals surface area contributed by atoms with E-state index in [1.54, 1.807) is 28.8 Å². The quantitative estimate of drug-likeness (QED) is 0.682. The third-order valence-corrected chi connectivity index (χ3v) is 5.24. The second-order valence-corrected chi connectivity index (χ2v) is 7.23. The maximum absolute atomic E-state index is 13.0. The minimum Gasteiger partial charge on any atom is -0.349 e. The van der Waals surface area contributed by atoms with Crippen molar-refractivity contribution in [3.05, 3.63) is 88.5 Å². The van der Waals surface area contributed by atoms with Crippen molar-refractivity contribution >= 4 is 16.8 Å². The summed E-state index contributed by atoms with van der Waals surface area (Å²) < 4.78 is 1.78. The Labute approximate surface area is 169 Å². The highest BCUT2D eigenvalue weighted by molar-refractivity contribution is 5.97. The first-order chi connectivity index (χ1) is 14.2. The Balaban J connectivity index is 1.60. The van der Waals surface area contributed by atoms with Gasteiger partial charge in [0.05, 0.1) is 10.9 Å². The Bertz CT molecular complexity index is 1110. The molecule has 0 saturated carbocycles. The molecule has 0 fully saturated rings. The van der Waals surface area contributed by atoms with Crippen molar-refractivity contribution in [2.75, 3.05) is 19.6 Å². The molecule has 0 unspecified atom stereocenters. The molecule has 6 heteroatoms. The molecule has 1 N–H and O–H groups in total. The van der Waals surface area contributed by atoms with Crippen molar-refractivity contribution in [1.29, 1.82) is 0 Å². The van der Waals surface area contributed by atoms with Gasteiger partial charge in [0, 0.05) is 44.7 Å². The van der Waals surface area contributed by atoms with Gasteiger partial charge in [-0.15, -0.1) is 6.58 Å². The fourth-order valence-corrected chi connectivity index (χ4v) is 3.71. The molecule has 2 heterocycles. The van der Waals surface area contributed by atoms with Crippen molar-refractivity contribution in [2.24, 2.45) is 0 Å². The van der Waals surface area contributed by atoms with Gasteiger partial charge < -0.3 is 5.32 Å². The van der Waals surface area contributed by atoms with Gasteiger partial charge in [0.2, 0.25) is 0 Å². The average Bonchev–Trinajstić information content (AvgIpc) is 2.95. The van der Waals surface area contributed by atoms with Gasteiger partial charge in [-0.25, -0.2) is 4.98 Å². The normalized spacial score (nSPS) is 14.2. The highest BCUT2D eigenvalue weighted by atomic mass is 16.1. The van der Waals surface area contributed by atoms with E-state index in [0.29, 0.717) is 36.0 Å². The summed E-state index contributed by atoms with van der Waals surface area (Å²) in [5.41, 5.74) is 2.29. The van der Waals surface area contributed by atoms with Crippen LogP contribution < -0.4 is 10.9 Å². The number of hydrogen-bond donors (Lipinski definition) is 1. The molecule has 1 aliphatic rings. The summed E-state index contributed by atoms with van der Waals surface area (Å²) in [6.07, 6.45) is 2.33. The molecule has 0 spiro atoms. The second-order valence-electron chi connectivity index (χ2n) is 7.23. The predicted molar refractivity (Wildman–Crippen MR) is 114 cm³/mol. The van der Waals surface area contributed by atoms with Crippen molar-refractivity contribution < 1.29 is 4.79 Å². The van der Waals surface area contributed by atoms with Crippen LogP contribution >= 0.6 is 0 Å². The Morgan fingerprint density at radius 2 is 1.97 bits per heavy atom. The number of carbonyl (C=O) groups is 1. The van der Waals surface area contributed by atoms with Crippen LogP contribution in [-0.4, -0.2) is 40.0 Å². The fraction of sp³-hybridized carbons (Fsp3) is 0.261. The molecule has 2 aromatic carbocycles. The lowest BCUT2D eigenvalue weighted by Gasteiger charge is -2.19. The minimum absolute atomic E-state index is 0.0374. The zero-order valence-corrected chi connectivity index (χ0v) is 16.3.